The van der Waals surface area contributed by atoms with E-state index < -0.39 is 0 Å². The molecule has 0 bridgehead atoms. The van der Waals surface area contributed by atoms with Crippen molar-refractivity contribution in [2.75, 3.05) is 20.6 Å². The lowest BCUT2D eigenvalue weighted by molar-refractivity contribution is -0.116. The summed E-state index contributed by atoms with van der Waals surface area (Å²) in [5.41, 5.74) is 5.40. The van der Waals surface area contributed by atoms with Crippen LogP contribution in [0.4, 0.5) is 0 Å². The highest BCUT2D eigenvalue weighted by Gasteiger charge is 2.14. The molecule has 0 aliphatic heterocycles. The average Bonchev–Trinajstić information content (AvgIpc) is 2.79. The number of rotatable bonds is 6. The number of carbonyl (C=O) groups is 1. The van der Waals surface area contributed by atoms with Gasteiger partial charge in [-0.25, -0.2) is 0 Å². The number of hydrogen-bond acceptors (Lipinski definition) is 3. The fourth-order valence-corrected chi connectivity index (χ4v) is 2.83. The molecule has 0 aliphatic carbocycles. The molecule has 1 N–H and O–H groups in total. The summed E-state index contributed by atoms with van der Waals surface area (Å²) in [4.78, 5) is 14.3. The van der Waals surface area contributed by atoms with Crippen molar-refractivity contribution < 1.29 is 4.79 Å². The minimum Gasteiger partial charge on any atom is -0.351 e. The normalized spacial score (nSPS) is 12.8. The van der Waals surface area contributed by atoms with Crippen LogP contribution in [-0.2, 0) is 11.8 Å². The first kappa shape index (κ1) is 18.9. The monoisotopic (exact) mass is 340 g/mol. The maximum atomic E-state index is 12.2. The number of aromatic nitrogens is 2. The fourth-order valence-electron chi connectivity index (χ4n) is 2.83. The molecule has 1 aromatic heterocycles. The molecule has 0 radical (unpaired) electrons. The molecule has 134 valence electrons. The summed E-state index contributed by atoms with van der Waals surface area (Å²) in [7, 11) is 5.95. The van der Waals surface area contributed by atoms with Crippen LogP contribution in [0.1, 0.15) is 34.1 Å². The van der Waals surface area contributed by atoms with Crippen molar-refractivity contribution in [3.05, 3.63) is 58.4 Å². The van der Waals surface area contributed by atoms with Gasteiger partial charge >= 0.3 is 0 Å². The summed E-state index contributed by atoms with van der Waals surface area (Å²) in [6.07, 6.45) is 3.42. The number of nitrogens with zero attached hydrogens (tertiary/aromatic N) is 3. The molecule has 2 aromatic rings. The second kappa shape index (κ2) is 8.12. The largest absolute Gasteiger partial charge is 0.351 e. The number of carbonyl (C=O) groups excluding carboxylic acids is 1. The average molecular weight is 340 g/mol. The molecule has 1 aromatic carbocycles. The molecule has 1 heterocycles. The van der Waals surface area contributed by atoms with Crippen LogP contribution in [0.15, 0.2) is 30.3 Å². The second-order valence-electron chi connectivity index (χ2n) is 6.68. The minimum absolute atomic E-state index is 0.0957. The minimum atomic E-state index is -0.0957. The SMILES string of the molecule is Cc1ccc(C(CNC(=O)C=Cc2c(C)nn(C)c2C)N(C)C)cc1. The molecule has 1 unspecified atom stereocenters. The molecule has 0 spiro atoms. The van der Waals surface area contributed by atoms with Crippen molar-refractivity contribution in [1.29, 1.82) is 0 Å². The molecule has 0 saturated heterocycles. The highest BCUT2D eigenvalue weighted by molar-refractivity contribution is 5.92. The van der Waals surface area contributed by atoms with E-state index in [2.05, 4.69) is 46.5 Å². The van der Waals surface area contributed by atoms with Gasteiger partial charge in [0.05, 0.1) is 11.7 Å². The zero-order valence-electron chi connectivity index (χ0n) is 16.0. The first-order valence-corrected chi connectivity index (χ1v) is 8.48. The summed E-state index contributed by atoms with van der Waals surface area (Å²) in [6.45, 7) is 6.58. The van der Waals surface area contributed by atoms with Gasteiger partial charge in [0.2, 0.25) is 5.91 Å². The highest BCUT2D eigenvalue weighted by Crippen LogP contribution is 2.18. The number of nitrogens with one attached hydrogen (secondary N) is 1. The number of hydrogen-bond donors (Lipinski definition) is 1. The van der Waals surface area contributed by atoms with Gasteiger partial charge in [-0.3, -0.25) is 9.48 Å². The van der Waals surface area contributed by atoms with Gasteiger partial charge in [0.1, 0.15) is 0 Å². The van der Waals surface area contributed by atoms with Crippen LogP contribution in [0, 0.1) is 20.8 Å². The van der Waals surface area contributed by atoms with Crippen LogP contribution < -0.4 is 5.32 Å². The standard InChI is InChI=1S/C20H28N4O/c1-14-7-9-17(10-8-14)19(23(4)5)13-21-20(25)12-11-18-15(2)22-24(6)16(18)3/h7-12,19H,13H2,1-6H3,(H,21,25). The lowest BCUT2D eigenvalue weighted by Crippen LogP contribution is -2.33. The van der Waals surface area contributed by atoms with Crippen LogP contribution in [-0.4, -0.2) is 41.2 Å². The third-order valence-electron chi connectivity index (χ3n) is 4.52. The lowest BCUT2D eigenvalue weighted by atomic mass is 10.0. The molecule has 0 aliphatic rings. The van der Waals surface area contributed by atoms with Gasteiger partial charge in [-0.15, -0.1) is 0 Å². The van der Waals surface area contributed by atoms with E-state index in [-0.39, 0.29) is 11.9 Å². The Morgan fingerprint density at radius 1 is 1.24 bits per heavy atom. The quantitative estimate of drug-likeness (QED) is 0.823. The molecule has 5 heteroatoms. The van der Waals surface area contributed by atoms with Gasteiger partial charge in [0, 0.05) is 30.9 Å². The lowest BCUT2D eigenvalue weighted by Gasteiger charge is -2.25. The number of aryl methyl sites for hydroxylation is 3. The summed E-state index contributed by atoms with van der Waals surface area (Å²) in [6, 6.07) is 8.57. The molecular weight excluding hydrogens is 312 g/mol. The van der Waals surface area contributed by atoms with Crippen molar-refractivity contribution in [3.8, 4) is 0 Å². The van der Waals surface area contributed by atoms with Crippen molar-refractivity contribution in [2.45, 2.75) is 26.8 Å². The van der Waals surface area contributed by atoms with Gasteiger partial charge < -0.3 is 10.2 Å². The fraction of sp³-hybridized carbons (Fsp3) is 0.400. The molecule has 2 rings (SSSR count). The van der Waals surface area contributed by atoms with E-state index in [1.54, 1.807) is 6.08 Å². The van der Waals surface area contributed by atoms with Gasteiger partial charge in [-0.2, -0.15) is 5.10 Å². The summed E-state index contributed by atoms with van der Waals surface area (Å²) < 4.78 is 1.83. The van der Waals surface area contributed by atoms with Gasteiger partial charge in [0.15, 0.2) is 0 Å². The van der Waals surface area contributed by atoms with Gasteiger partial charge in [-0.05, 0) is 46.5 Å². The Hall–Kier alpha value is -2.40. The van der Waals surface area contributed by atoms with Crippen LogP contribution in [0.25, 0.3) is 6.08 Å². The van der Waals surface area contributed by atoms with Crippen LogP contribution >= 0.6 is 0 Å². The summed E-state index contributed by atoms with van der Waals surface area (Å²) in [5.74, 6) is -0.0957. The summed E-state index contributed by atoms with van der Waals surface area (Å²) in [5, 5.41) is 7.36. The first-order valence-electron chi connectivity index (χ1n) is 8.48. The third kappa shape index (κ3) is 4.79. The Bertz CT molecular complexity index is 757. The van der Waals surface area contributed by atoms with Crippen molar-refractivity contribution in [1.82, 2.24) is 20.0 Å². The molecule has 0 saturated carbocycles. The molecule has 1 atom stereocenters. The van der Waals surface area contributed by atoms with E-state index >= 15 is 0 Å². The third-order valence-corrected chi connectivity index (χ3v) is 4.52. The van der Waals surface area contributed by atoms with Crippen LogP contribution in [0.5, 0.6) is 0 Å². The Labute approximate surface area is 150 Å². The van der Waals surface area contributed by atoms with Crippen molar-refractivity contribution >= 4 is 12.0 Å². The second-order valence-corrected chi connectivity index (χ2v) is 6.68. The van der Waals surface area contributed by atoms with Crippen molar-refractivity contribution in [2.24, 2.45) is 7.05 Å². The Balaban J connectivity index is 2.01. The van der Waals surface area contributed by atoms with E-state index in [4.69, 9.17) is 0 Å². The predicted molar refractivity (Wildman–Crippen MR) is 102 cm³/mol. The number of benzene rings is 1. The molecule has 25 heavy (non-hydrogen) atoms. The highest BCUT2D eigenvalue weighted by atomic mass is 16.1. The van der Waals surface area contributed by atoms with E-state index in [1.165, 1.54) is 11.1 Å². The summed E-state index contributed by atoms with van der Waals surface area (Å²) >= 11 is 0. The number of amides is 1. The Kier molecular flexibility index (Phi) is 6.15. The maximum absolute atomic E-state index is 12.2. The van der Waals surface area contributed by atoms with Crippen LogP contribution in [0.2, 0.25) is 0 Å². The molecule has 5 nitrogen and oxygen atoms in total. The first-order chi connectivity index (χ1) is 11.8. The number of likely N-dealkylation sites (N-methyl/N-ethyl adjacent to an activating group) is 1. The molecule has 1 amide bonds. The smallest absolute Gasteiger partial charge is 0.244 e. The molecular formula is C20H28N4O. The zero-order chi connectivity index (χ0) is 18.6. The zero-order valence-corrected chi connectivity index (χ0v) is 16.0. The van der Waals surface area contributed by atoms with E-state index in [1.807, 2.05) is 45.7 Å². The predicted octanol–water partition coefficient (Wildman–Crippen LogP) is 2.78. The maximum Gasteiger partial charge on any atom is 0.244 e. The van der Waals surface area contributed by atoms with Gasteiger partial charge in [-0.1, -0.05) is 29.8 Å². The van der Waals surface area contributed by atoms with E-state index in [0.717, 1.165) is 17.0 Å². The Morgan fingerprint density at radius 2 is 1.88 bits per heavy atom. The van der Waals surface area contributed by atoms with Crippen molar-refractivity contribution in [3.63, 3.8) is 0 Å². The van der Waals surface area contributed by atoms with Crippen LogP contribution in [0.3, 0.4) is 0 Å². The van der Waals surface area contributed by atoms with Gasteiger partial charge in [0.25, 0.3) is 0 Å². The Morgan fingerprint density at radius 3 is 2.40 bits per heavy atom. The van der Waals surface area contributed by atoms with E-state index in [0.29, 0.717) is 6.54 Å². The van der Waals surface area contributed by atoms with E-state index in [9.17, 15) is 4.79 Å². The topological polar surface area (TPSA) is 50.2 Å². The molecule has 0 fully saturated rings.